The van der Waals surface area contributed by atoms with Crippen molar-refractivity contribution < 1.29 is 28.6 Å². The van der Waals surface area contributed by atoms with Crippen LogP contribution in [-0.2, 0) is 28.6 Å². The van der Waals surface area contributed by atoms with Crippen molar-refractivity contribution in [2.24, 2.45) is 0 Å². The summed E-state index contributed by atoms with van der Waals surface area (Å²) >= 11 is 0. The van der Waals surface area contributed by atoms with Gasteiger partial charge in [-0.15, -0.1) is 0 Å². The standard InChI is InChI=1S/C56H108O6/c1-4-7-10-13-14-15-16-17-18-19-20-21-22-23-24-25-26-27-28-29-30-31-32-33-34-35-36-37-38-39-40-41-44-46-49-55(58)61-52-53(62-56(59)50-47-43-12-9-6-3)51-60-54(57)48-45-42-11-8-5-2/h53H,4-52H2,1-3H3. The third-order valence-corrected chi connectivity index (χ3v) is 12.9. The van der Waals surface area contributed by atoms with Crippen LogP contribution in [0.25, 0.3) is 0 Å². The van der Waals surface area contributed by atoms with Crippen LogP contribution in [-0.4, -0.2) is 37.2 Å². The summed E-state index contributed by atoms with van der Waals surface area (Å²) in [6.07, 6.45) is 58.0. The molecule has 0 aliphatic carbocycles. The molecular formula is C56H108O6. The van der Waals surface area contributed by atoms with Crippen LogP contribution in [0.2, 0.25) is 0 Å². The van der Waals surface area contributed by atoms with Gasteiger partial charge >= 0.3 is 17.9 Å². The second kappa shape index (κ2) is 52.0. The molecule has 0 spiro atoms. The number of carbonyl (C=O) groups excluding carboxylic acids is 3. The van der Waals surface area contributed by atoms with Crippen LogP contribution < -0.4 is 0 Å². The van der Waals surface area contributed by atoms with E-state index in [1.807, 2.05) is 0 Å². The molecule has 0 N–H and O–H groups in total. The first-order valence-corrected chi connectivity index (χ1v) is 28.0. The van der Waals surface area contributed by atoms with E-state index in [1.165, 1.54) is 212 Å². The van der Waals surface area contributed by atoms with Gasteiger partial charge < -0.3 is 14.2 Å². The highest BCUT2D eigenvalue weighted by Crippen LogP contribution is 2.18. The van der Waals surface area contributed by atoms with Crippen molar-refractivity contribution in [1.29, 1.82) is 0 Å². The minimum Gasteiger partial charge on any atom is -0.462 e. The van der Waals surface area contributed by atoms with Gasteiger partial charge in [0.1, 0.15) is 13.2 Å². The van der Waals surface area contributed by atoms with Gasteiger partial charge in [0.05, 0.1) is 0 Å². The van der Waals surface area contributed by atoms with Crippen molar-refractivity contribution in [1.82, 2.24) is 0 Å². The molecule has 0 saturated heterocycles. The quantitative estimate of drug-likeness (QED) is 0.0344. The maximum Gasteiger partial charge on any atom is 0.306 e. The van der Waals surface area contributed by atoms with Crippen molar-refractivity contribution in [3.63, 3.8) is 0 Å². The summed E-state index contributed by atoms with van der Waals surface area (Å²) in [6.45, 7) is 6.50. The average Bonchev–Trinajstić information content (AvgIpc) is 3.27. The highest BCUT2D eigenvalue weighted by atomic mass is 16.6. The second-order valence-electron chi connectivity index (χ2n) is 19.2. The molecule has 0 rings (SSSR count). The molecule has 0 saturated carbocycles. The van der Waals surface area contributed by atoms with Gasteiger partial charge in [-0.05, 0) is 19.3 Å². The minimum absolute atomic E-state index is 0.0656. The van der Waals surface area contributed by atoms with Crippen molar-refractivity contribution in [2.45, 2.75) is 329 Å². The molecule has 0 radical (unpaired) electrons. The Morgan fingerprint density at radius 2 is 0.435 bits per heavy atom. The molecule has 0 fully saturated rings. The van der Waals surface area contributed by atoms with Gasteiger partial charge in [0.2, 0.25) is 0 Å². The van der Waals surface area contributed by atoms with E-state index in [1.54, 1.807) is 0 Å². The van der Waals surface area contributed by atoms with E-state index < -0.39 is 6.10 Å². The molecule has 0 bridgehead atoms. The molecule has 1 atom stereocenters. The number of carbonyl (C=O) groups is 3. The Morgan fingerprint density at radius 1 is 0.258 bits per heavy atom. The van der Waals surface area contributed by atoms with Gasteiger partial charge in [-0.3, -0.25) is 14.4 Å². The fourth-order valence-electron chi connectivity index (χ4n) is 8.62. The first kappa shape index (κ1) is 60.4. The second-order valence-corrected chi connectivity index (χ2v) is 19.2. The maximum absolute atomic E-state index is 12.5. The maximum atomic E-state index is 12.5. The zero-order chi connectivity index (χ0) is 45.1. The number of unbranched alkanes of at least 4 members (excludes halogenated alkanes) is 41. The molecule has 0 aliphatic heterocycles. The average molecular weight is 877 g/mol. The zero-order valence-corrected chi connectivity index (χ0v) is 42.2. The van der Waals surface area contributed by atoms with Crippen LogP contribution in [0.3, 0.4) is 0 Å². The molecule has 62 heavy (non-hydrogen) atoms. The SMILES string of the molecule is CCCCCCCCCCCCCCCCCCCCCCCCCCCCCCCCCCCCC(=O)OCC(COC(=O)CCCCCCC)OC(=O)CCCCCCC. The highest BCUT2D eigenvalue weighted by Gasteiger charge is 2.19. The van der Waals surface area contributed by atoms with Crippen LogP contribution in [0.15, 0.2) is 0 Å². The summed E-state index contributed by atoms with van der Waals surface area (Å²) < 4.78 is 16.5. The summed E-state index contributed by atoms with van der Waals surface area (Å²) in [5.74, 6) is -0.881. The van der Waals surface area contributed by atoms with E-state index in [4.69, 9.17) is 14.2 Å². The Balaban J connectivity index is 3.62. The monoisotopic (exact) mass is 877 g/mol. The number of esters is 3. The normalized spacial score (nSPS) is 11.9. The van der Waals surface area contributed by atoms with E-state index >= 15 is 0 Å². The predicted octanol–water partition coefficient (Wildman–Crippen LogP) is 18.4. The smallest absolute Gasteiger partial charge is 0.306 e. The largest absolute Gasteiger partial charge is 0.462 e. The molecule has 368 valence electrons. The van der Waals surface area contributed by atoms with Gasteiger partial charge in [0.15, 0.2) is 6.10 Å². The first-order valence-electron chi connectivity index (χ1n) is 28.0. The molecule has 0 aromatic carbocycles. The molecule has 0 amide bonds. The number of hydrogen-bond acceptors (Lipinski definition) is 6. The van der Waals surface area contributed by atoms with E-state index in [2.05, 4.69) is 20.8 Å². The fraction of sp³-hybridized carbons (Fsp3) is 0.946. The van der Waals surface area contributed by atoms with Crippen molar-refractivity contribution in [2.75, 3.05) is 13.2 Å². The van der Waals surface area contributed by atoms with E-state index in [-0.39, 0.29) is 31.1 Å². The number of hydrogen-bond donors (Lipinski definition) is 0. The van der Waals surface area contributed by atoms with Gasteiger partial charge in [-0.2, -0.15) is 0 Å². The molecule has 0 aromatic heterocycles. The fourth-order valence-corrected chi connectivity index (χ4v) is 8.62. The summed E-state index contributed by atoms with van der Waals surface area (Å²) in [6, 6.07) is 0. The predicted molar refractivity (Wildman–Crippen MR) is 266 cm³/mol. The van der Waals surface area contributed by atoms with E-state index in [9.17, 15) is 14.4 Å². The Bertz CT molecular complexity index is 920. The van der Waals surface area contributed by atoms with Gasteiger partial charge in [-0.1, -0.05) is 284 Å². The Kier molecular flexibility index (Phi) is 50.7. The molecule has 0 heterocycles. The molecule has 0 aliphatic rings. The highest BCUT2D eigenvalue weighted by molar-refractivity contribution is 5.71. The summed E-state index contributed by atoms with van der Waals surface area (Å²) in [4.78, 5) is 37.2. The van der Waals surface area contributed by atoms with Crippen LogP contribution in [0.5, 0.6) is 0 Å². The third-order valence-electron chi connectivity index (χ3n) is 12.9. The van der Waals surface area contributed by atoms with E-state index in [0.717, 1.165) is 70.6 Å². The summed E-state index contributed by atoms with van der Waals surface area (Å²) in [7, 11) is 0. The lowest BCUT2D eigenvalue weighted by Crippen LogP contribution is -2.30. The molecular weight excluding hydrogens is 769 g/mol. The lowest BCUT2D eigenvalue weighted by molar-refractivity contribution is -0.167. The summed E-state index contributed by atoms with van der Waals surface area (Å²) in [5.41, 5.74) is 0. The van der Waals surface area contributed by atoms with E-state index in [0.29, 0.717) is 19.3 Å². The lowest BCUT2D eigenvalue weighted by atomic mass is 10.0. The van der Waals surface area contributed by atoms with Crippen LogP contribution in [0.4, 0.5) is 0 Å². The van der Waals surface area contributed by atoms with Crippen LogP contribution in [0, 0.1) is 0 Å². The number of rotatable bonds is 52. The molecule has 6 heteroatoms. The van der Waals surface area contributed by atoms with Crippen molar-refractivity contribution >= 4 is 17.9 Å². The summed E-state index contributed by atoms with van der Waals surface area (Å²) in [5, 5.41) is 0. The zero-order valence-electron chi connectivity index (χ0n) is 42.2. The van der Waals surface area contributed by atoms with Gasteiger partial charge in [0, 0.05) is 19.3 Å². The minimum atomic E-state index is -0.755. The Morgan fingerprint density at radius 3 is 0.645 bits per heavy atom. The Labute approximate surface area is 387 Å². The lowest BCUT2D eigenvalue weighted by Gasteiger charge is -2.18. The third kappa shape index (κ3) is 49.4. The van der Waals surface area contributed by atoms with Crippen molar-refractivity contribution in [3.8, 4) is 0 Å². The first-order chi connectivity index (χ1) is 30.5. The molecule has 0 aromatic rings. The van der Waals surface area contributed by atoms with Gasteiger partial charge in [0.25, 0.3) is 0 Å². The Hall–Kier alpha value is -1.59. The molecule has 6 nitrogen and oxygen atoms in total. The molecule has 1 unspecified atom stereocenters. The van der Waals surface area contributed by atoms with Crippen LogP contribution in [0.1, 0.15) is 323 Å². The van der Waals surface area contributed by atoms with Crippen molar-refractivity contribution in [3.05, 3.63) is 0 Å². The number of ether oxygens (including phenoxy) is 3. The van der Waals surface area contributed by atoms with Crippen LogP contribution >= 0.6 is 0 Å². The van der Waals surface area contributed by atoms with Gasteiger partial charge in [-0.25, -0.2) is 0 Å². The topological polar surface area (TPSA) is 78.9 Å².